The monoisotopic (exact) mass is 437 g/mol. The molecule has 6 nitrogen and oxygen atoms in total. The molecule has 1 aromatic carbocycles. The molecular weight excluding hydrogens is 420 g/mol. The van der Waals surface area contributed by atoms with E-state index in [-0.39, 0.29) is 12.2 Å². The lowest BCUT2D eigenvalue weighted by Gasteiger charge is -2.05. The highest BCUT2D eigenvalue weighted by Gasteiger charge is 2.16. The molecule has 27 heavy (non-hydrogen) atoms. The zero-order valence-electron chi connectivity index (χ0n) is 14.8. The lowest BCUT2D eigenvalue weighted by atomic mass is 10.1. The fourth-order valence-electron chi connectivity index (χ4n) is 2.55. The molecule has 0 aliphatic carbocycles. The number of nitrogens with one attached hydrogen (secondary N) is 1. The molecule has 3 rings (SSSR count). The largest absolute Gasteiger partial charge is 0.307 e. The highest BCUT2D eigenvalue weighted by Crippen LogP contribution is 2.21. The van der Waals surface area contributed by atoms with E-state index in [4.69, 9.17) is 0 Å². The lowest BCUT2D eigenvalue weighted by molar-refractivity contribution is -0.117. The van der Waals surface area contributed by atoms with Crippen LogP contribution < -0.4 is 5.32 Å². The Bertz CT molecular complexity index is 949. The lowest BCUT2D eigenvalue weighted by Crippen LogP contribution is -2.21. The first-order chi connectivity index (χ1) is 12.8. The Morgan fingerprint density at radius 1 is 1.22 bits per heavy atom. The summed E-state index contributed by atoms with van der Waals surface area (Å²) >= 11 is 3.37. The van der Waals surface area contributed by atoms with Gasteiger partial charge in [0.25, 0.3) is 6.43 Å². The minimum absolute atomic E-state index is 0.171. The van der Waals surface area contributed by atoms with Crippen LogP contribution in [-0.4, -0.2) is 25.5 Å². The third-order valence-electron chi connectivity index (χ3n) is 3.96. The number of carbonyl (C=O) groups is 1. The summed E-state index contributed by atoms with van der Waals surface area (Å²) < 4.78 is 29.0. The number of hydrogen-bond acceptors (Lipinski definition) is 3. The maximum Gasteiger partial charge on any atom is 0.282 e. The number of aryl methyl sites for hydroxylation is 2. The molecule has 2 aromatic heterocycles. The second-order valence-electron chi connectivity index (χ2n) is 6.23. The summed E-state index contributed by atoms with van der Waals surface area (Å²) in [5.41, 5.74) is 2.41. The number of aromatic nitrogens is 4. The van der Waals surface area contributed by atoms with E-state index in [1.165, 1.54) is 16.3 Å². The molecule has 0 radical (unpaired) electrons. The molecule has 0 aliphatic rings. The number of alkyl halides is 2. The second-order valence-corrected chi connectivity index (χ2v) is 7.08. The summed E-state index contributed by atoms with van der Waals surface area (Å²) in [6, 6.07) is 9.35. The molecule has 0 fully saturated rings. The number of benzene rings is 1. The van der Waals surface area contributed by atoms with Gasteiger partial charge in [0.15, 0.2) is 5.82 Å². The molecule has 0 saturated carbocycles. The molecule has 142 valence electrons. The minimum Gasteiger partial charge on any atom is -0.307 e. The van der Waals surface area contributed by atoms with Gasteiger partial charge < -0.3 is 5.32 Å². The van der Waals surface area contributed by atoms with Gasteiger partial charge in [-0.1, -0.05) is 29.8 Å². The molecule has 3 aromatic rings. The minimum atomic E-state index is -2.67. The highest BCUT2D eigenvalue weighted by atomic mass is 79.9. The SMILES string of the molecule is Cc1ccc(Cn2cc(Br)c(NC(=O)Cn3nc(C(F)F)cc3C)n2)cc1. The van der Waals surface area contributed by atoms with E-state index in [1.54, 1.807) is 17.8 Å². The van der Waals surface area contributed by atoms with Crippen LogP contribution in [0.5, 0.6) is 0 Å². The number of hydrogen-bond donors (Lipinski definition) is 1. The van der Waals surface area contributed by atoms with Crippen molar-refractivity contribution in [3.05, 3.63) is 63.5 Å². The van der Waals surface area contributed by atoms with Crippen LogP contribution in [0.3, 0.4) is 0 Å². The van der Waals surface area contributed by atoms with Gasteiger partial charge in [0.1, 0.15) is 12.2 Å². The van der Waals surface area contributed by atoms with Crippen LogP contribution in [0.1, 0.15) is 28.9 Å². The average Bonchev–Trinajstić information content (AvgIpc) is 3.13. The van der Waals surface area contributed by atoms with Gasteiger partial charge in [0.2, 0.25) is 5.91 Å². The normalized spacial score (nSPS) is 11.2. The maximum atomic E-state index is 12.7. The summed E-state index contributed by atoms with van der Waals surface area (Å²) in [6.45, 7) is 4.03. The van der Waals surface area contributed by atoms with Gasteiger partial charge in [0.05, 0.1) is 11.0 Å². The van der Waals surface area contributed by atoms with Crippen molar-refractivity contribution in [2.24, 2.45) is 0 Å². The zero-order chi connectivity index (χ0) is 19.6. The fraction of sp³-hybridized carbons (Fsp3) is 0.278. The van der Waals surface area contributed by atoms with Crippen molar-refractivity contribution in [1.82, 2.24) is 19.6 Å². The molecule has 1 N–H and O–H groups in total. The summed E-state index contributed by atoms with van der Waals surface area (Å²) in [5.74, 6) is -0.0330. The first kappa shape index (κ1) is 19.2. The van der Waals surface area contributed by atoms with Crippen LogP contribution in [0.4, 0.5) is 14.6 Å². The van der Waals surface area contributed by atoms with Crippen molar-refractivity contribution in [1.29, 1.82) is 0 Å². The molecule has 0 unspecified atom stereocenters. The number of anilines is 1. The number of amides is 1. The van der Waals surface area contributed by atoms with E-state index in [9.17, 15) is 13.6 Å². The highest BCUT2D eigenvalue weighted by molar-refractivity contribution is 9.10. The molecule has 9 heteroatoms. The van der Waals surface area contributed by atoms with Gasteiger partial charge in [-0.3, -0.25) is 14.2 Å². The molecule has 1 amide bonds. The van der Waals surface area contributed by atoms with Gasteiger partial charge in [-0.25, -0.2) is 8.78 Å². The van der Waals surface area contributed by atoms with Gasteiger partial charge in [-0.2, -0.15) is 10.2 Å². The molecule has 0 spiro atoms. The van der Waals surface area contributed by atoms with Crippen molar-refractivity contribution in [3.8, 4) is 0 Å². The Labute approximate surface area is 163 Å². The van der Waals surface area contributed by atoms with Crippen LogP contribution >= 0.6 is 15.9 Å². The average molecular weight is 438 g/mol. The fourth-order valence-corrected chi connectivity index (χ4v) is 2.97. The quantitative estimate of drug-likeness (QED) is 0.631. The van der Waals surface area contributed by atoms with Crippen molar-refractivity contribution in [2.45, 2.75) is 33.4 Å². The van der Waals surface area contributed by atoms with Crippen molar-refractivity contribution >= 4 is 27.7 Å². The molecule has 2 heterocycles. The van der Waals surface area contributed by atoms with E-state index < -0.39 is 12.3 Å². The van der Waals surface area contributed by atoms with Crippen molar-refractivity contribution in [3.63, 3.8) is 0 Å². The standard InChI is InChI=1S/C18H18BrF2N5O/c1-11-3-5-13(6-4-11)8-25-9-14(19)18(24-25)22-16(27)10-26-12(2)7-15(23-26)17(20)21/h3-7,9,17H,8,10H2,1-2H3,(H,22,24,27). The van der Waals surface area contributed by atoms with Gasteiger partial charge in [0, 0.05) is 11.9 Å². The predicted molar refractivity (Wildman–Crippen MR) is 101 cm³/mol. The molecule has 0 saturated heterocycles. The van der Waals surface area contributed by atoms with E-state index >= 15 is 0 Å². The number of rotatable bonds is 6. The predicted octanol–water partition coefficient (Wildman–Crippen LogP) is 4.08. The molecule has 0 atom stereocenters. The summed E-state index contributed by atoms with van der Waals surface area (Å²) in [5, 5.41) is 10.8. The van der Waals surface area contributed by atoms with Crippen LogP contribution in [0.25, 0.3) is 0 Å². The van der Waals surface area contributed by atoms with Gasteiger partial charge in [-0.05, 0) is 41.4 Å². The van der Waals surface area contributed by atoms with Crippen LogP contribution in [-0.2, 0) is 17.9 Å². The van der Waals surface area contributed by atoms with Crippen LogP contribution in [0, 0.1) is 13.8 Å². The first-order valence-electron chi connectivity index (χ1n) is 8.22. The Hall–Kier alpha value is -2.55. The topological polar surface area (TPSA) is 64.7 Å². The Kier molecular flexibility index (Phi) is 5.69. The summed E-state index contributed by atoms with van der Waals surface area (Å²) in [6.07, 6.45) is -0.900. The molecule has 0 aliphatic heterocycles. The van der Waals surface area contributed by atoms with E-state index in [1.807, 2.05) is 31.2 Å². The Morgan fingerprint density at radius 2 is 1.93 bits per heavy atom. The first-order valence-corrected chi connectivity index (χ1v) is 9.02. The van der Waals surface area contributed by atoms with Crippen molar-refractivity contribution in [2.75, 3.05) is 5.32 Å². The number of nitrogens with zero attached hydrogens (tertiary/aromatic N) is 4. The number of carbonyl (C=O) groups excluding carboxylic acids is 1. The number of halogens is 3. The smallest absolute Gasteiger partial charge is 0.282 e. The van der Waals surface area contributed by atoms with Gasteiger partial charge >= 0.3 is 0 Å². The van der Waals surface area contributed by atoms with Crippen LogP contribution in [0.2, 0.25) is 0 Å². The summed E-state index contributed by atoms with van der Waals surface area (Å²) in [7, 11) is 0. The van der Waals surface area contributed by atoms with Gasteiger partial charge in [-0.15, -0.1) is 0 Å². The third-order valence-corrected chi connectivity index (χ3v) is 4.54. The molecule has 0 bridgehead atoms. The Morgan fingerprint density at radius 3 is 2.56 bits per heavy atom. The Balaban J connectivity index is 1.66. The van der Waals surface area contributed by atoms with Crippen molar-refractivity contribution < 1.29 is 13.6 Å². The van der Waals surface area contributed by atoms with Crippen LogP contribution in [0.15, 0.2) is 41.0 Å². The second kappa shape index (κ2) is 7.99. The van der Waals surface area contributed by atoms with E-state index in [0.29, 0.717) is 22.5 Å². The maximum absolute atomic E-state index is 12.7. The molecular formula is C18H18BrF2N5O. The van der Waals surface area contributed by atoms with E-state index in [2.05, 4.69) is 31.4 Å². The van der Waals surface area contributed by atoms with E-state index in [0.717, 1.165) is 5.56 Å². The zero-order valence-corrected chi connectivity index (χ0v) is 16.4. The summed E-state index contributed by atoms with van der Waals surface area (Å²) in [4.78, 5) is 12.2. The third kappa shape index (κ3) is 4.79.